The highest BCUT2D eigenvalue weighted by atomic mass is 35.5. The molecule has 0 saturated heterocycles. The van der Waals surface area contributed by atoms with E-state index in [-0.39, 0.29) is 5.88 Å². The first-order chi connectivity index (χ1) is 8.60. The quantitative estimate of drug-likeness (QED) is 0.872. The van der Waals surface area contributed by atoms with Gasteiger partial charge in [-0.25, -0.2) is 4.98 Å². The van der Waals surface area contributed by atoms with Crippen LogP contribution in [0.4, 0.5) is 5.69 Å². The summed E-state index contributed by atoms with van der Waals surface area (Å²) in [5, 5.41) is 0.762. The van der Waals surface area contributed by atoms with Crippen LogP contribution in [0.3, 0.4) is 0 Å². The fourth-order valence-electron chi connectivity index (χ4n) is 1.35. The van der Waals surface area contributed by atoms with Gasteiger partial charge in [0.2, 0.25) is 5.88 Å². The van der Waals surface area contributed by atoms with E-state index in [4.69, 9.17) is 38.4 Å². The first-order valence-corrected chi connectivity index (χ1v) is 5.78. The van der Waals surface area contributed by atoms with E-state index in [2.05, 4.69) is 4.98 Å². The summed E-state index contributed by atoms with van der Waals surface area (Å²) < 4.78 is 10.7. The second kappa shape index (κ2) is 5.33. The minimum Gasteiger partial charge on any atom is -0.493 e. The smallest absolute Gasteiger partial charge is 0.238 e. The molecule has 0 radical (unpaired) electrons. The molecule has 6 heteroatoms. The molecule has 94 valence electrons. The molecule has 0 amide bonds. The first kappa shape index (κ1) is 12.8. The number of benzene rings is 1. The minimum atomic E-state index is 0.254. The van der Waals surface area contributed by atoms with Gasteiger partial charge in [-0.2, -0.15) is 0 Å². The average molecular weight is 285 g/mol. The predicted molar refractivity (Wildman–Crippen MR) is 71.7 cm³/mol. The van der Waals surface area contributed by atoms with Crippen molar-refractivity contribution in [2.75, 3.05) is 12.8 Å². The molecular weight excluding hydrogens is 275 g/mol. The minimum absolute atomic E-state index is 0.254. The molecular formula is C12H10Cl2N2O2. The number of halogens is 2. The van der Waals surface area contributed by atoms with Crippen LogP contribution >= 0.6 is 23.2 Å². The van der Waals surface area contributed by atoms with E-state index < -0.39 is 0 Å². The summed E-state index contributed by atoms with van der Waals surface area (Å²) >= 11 is 11.7. The lowest BCUT2D eigenvalue weighted by Gasteiger charge is -2.11. The lowest BCUT2D eigenvalue weighted by Crippen LogP contribution is -1.94. The van der Waals surface area contributed by atoms with Gasteiger partial charge in [0.05, 0.1) is 12.1 Å². The lowest BCUT2D eigenvalue weighted by atomic mass is 10.3. The highest BCUT2D eigenvalue weighted by molar-refractivity contribution is 6.35. The van der Waals surface area contributed by atoms with Crippen LogP contribution in [0.25, 0.3) is 0 Å². The molecule has 0 aliphatic heterocycles. The maximum absolute atomic E-state index is 5.97. The van der Waals surface area contributed by atoms with Gasteiger partial charge in [0, 0.05) is 18.0 Å². The van der Waals surface area contributed by atoms with Crippen LogP contribution in [0, 0.1) is 0 Å². The van der Waals surface area contributed by atoms with E-state index in [0.29, 0.717) is 27.2 Å². The third-order valence-electron chi connectivity index (χ3n) is 2.17. The van der Waals surface area contributed by atoms with Gasteiger partial charge in [0.25, 0.3) is 0 Å². The van der Waals surface area contributed by atoms with Crippen molar-refractivity contribution in [3.05, 3.63) is 40.5 Å². The molecule has 2 rings (SSSR count). The van der Waals surface area contributed by atoms with Crippen molar-refractivity contribution in [2.45, 2.75) is 0 Å². The summed E-state index contributed by atoms with van der Waals surface area (Å²) in [7, 11) is 1.53. The number of pyridine rings is 1. The van der Waals surface area contributed by atoms with Gasteiger partial charge in [0.1, 0.15) is 5.02 Å². The summed E-state index contributed by atoms with van der Waals surface area (Å²) in [6.07, 6.45) is 1.45. The summed E-state index contributed by atoms with van der Waals surface area (Å²) in [5.74, 6) is 1.23. The van der Waals surface area contributed by atoms with E-state index in [1.54, 1.807) is 24.3 Å². The Kier molecular flexibility index (Phi) is 3.79. The number of nitrogens with two attached hydrogens (primary N) is 1. The van der Waals surface area contributed by atoms with Crippen LogP contribution in [-0.4, -0.2) is 12.1 Å². The van der Waals surface area contributed by atoms with Gasteiger partial charge in [-0.1, -0.05) is 23.2 Å². The van der Waals surface area contributed by atoms with E-state index in [0.717, 1.165) is 0 Å². The van der Waals surface area contributed by atoms with Crippen molar-refractivity contribution in [3.63, 3.8) is 0 Å². The van der Waals surface area contributed by atoms with Gasteiger partial charge in [-0.3, -0.25) is 0 Å². The van der Waals surface area contributed by atoms with Crippen molar-refractivity contribution >= 4 is 28.9 Å². The third kappa shape index (κ3) is 2.78. The number of anilines is 1. The summed E-state index contributed by atoms with van der Waals surface area (Å²) in [4.78, 5) is 4.00. The fourth-order valence-corrected chi connectivity index (χ4v) is 1.77. The monoisotopic (exact) mass is 284 g/mol. The second-order valence-corrected chi connectivity index (χ2v) is 4.30. The highest BCUT2D eigenvalue weighted by Gasteiger charge is 2.10. The molecule has 2 aromatic rings. The molecule has 1 heterocycles. The Balaban J connectivity index is 2.33. The largest absolute Gasteiger partial charge is 0.493 e. The van der Waals surface area contributed by atoms with E-state index in [1.165, 1.54) is 13.3 Å². The molecule has 1 aromatic carbocycles. The molecule has 0 spiro atoms. The second-order valence-electron chi connectivity index (χ2n) is 3.45. The zero-order valence-electron chi connectivity index (χ0n) is 9.48. The van der Waals surface area contributed by atoms with Crippen molar-refractivity contribution in [1.29, 1.82) is 0 Å². The number of methoxy groups -OCH3 is 1. The highest BCUT2D eigenvalue weighted by Crippen LogP contribution is 2.35. The lowest BCUT2D eigenvalue weighted by molar-refractivity contribution is 0.374. The Morgan fingerprint density at radius 2 is 1.94 bits per heavy atom. The molecule has 0 atom stereocenters. The average Bonchev–Trinajstić information content (AvgIpc) is 2.34. The zero-order chi connectivity index (χ0) is 13.1. The summed E-state index contributed by atoms with van der Waals surface area (Å²) in [6, 6.07) is 6.58. The Morgan fingerprint density at radius 3 is 2.61 bits per heavy atom. The van der Waals surface area contributed by atoms with Gasteiger partial charge in [0.15, 0.2) is 11.5 Å². The Morgan fingerprint density at radius 1 is 1.17 bits per heavy atom. The van der Waals surface area contributed by atoms with E-state index in [9.17, 15) is 0 Å². The van der Waals surface area contributed by atoms with Crippen LogP contribution in [-0.2, 0) is 0 Å². The number of nitrogen functional groups attached to an aromatic ring is 1. The molecule has 0 bridgehead atoms. The summed E-state index contributed by atoms with van der Waals surface area (Å²) in [5.41, 5.74) is 6.23. The van der Waals surface area contributed by atoms with Gasteiger partial charge >= 0.3 is 0 Å². The number of nitrogens with zero attached hydrogens (tertiary/aromatic N) is 1. The van der Waals surface area contributed by atoms with Crippen molar-refractivity contribution in [1.82, 2.24) is 4.98 Å². The van der Waals surface area contributed by atoms with Gasteiger partial charge in [-0.15, -0.1) is 0 Å². The van der Waals surface area contributed by atoms with Crippen LogP contribution in [0.5, 0.6) is 17.4 Å². The van der Waals surface area contributed by atoms with Crippen molar-refractivity contribution < 1.29 is 9.47 Å². The first-order valence-electron chi connectivity index (χ1n) is 5.02. The third-order valence-corrected chi connectivity index (χ3v) is 2.65. The number of rotatable bonds is 3. The summed E-state index contributed by atoms with van der Waals surface area (Å²) in [6.45, 7) is 0. The molecule has 0 saturated carbocycles. The van der Waals surface area contributed by atoms with E-state index in [1.807, 2.05) is 0 Å². The normalized spacial score (nSPS) is 10.2. The molecule has 1 aromatic heterocycles. The topological polar surface area (TPSA) is 57.4 Å². The van der Waals surface area contributed by atoms with Crippen LogP contribution in [0.1, 0.15) is 0 Å². The predicted octanol–water partition coefficient (Wildman–Crippen LogP) is 3.77. The molecule has 18 heavy (non-hydrogen) atoms. The van der Waals surface area contributed by atoms with Crippen LogP contribution < -0.4 is 15.2 Å². The molecule has 4 nitrogen and oxygen atoms in total. The molecule has 0 fully saturated rings. The zero-order valence-corrected chi connectivity index (χ0v) is 11.0. The molecule has 2 N–H and O–H groups in total. The number of hydrogen-bond donors (Lipinski definition) is 1. The number of ether oxygens (including phenoxy) is 2. The number of hydrogen-bond acceptors (Lipinski definition) is 4. The van der Waals surface area contributed by atoms with Crippen LogP contribution in [0.15, 0.2) is 30.5 Å². The van der Waals surface area contributed by atoms with Crippen molar-refractivity contribution in [2.24, 2.45) is 0 Å². The fraction of sp³-hybridized carbons (Fsp3) is 0.0833. The standard InChI is InChI=1S/C12H10Cl2N2O2/c1-17-11-5-8(15)2-3-10(11)18-12-9(14)4-7(13)6-16-12/h2-6H,15H2,1H3. The number of aromatic nitrogens is 1. The van der Waals surface area contributed by atoms with E-state index >= 15 is 0 Å². The van der Waals surface area contributed by atoms with Crippen LogP contribution in [0.2, 0.25) is 10.0 Å². The maximum Gasteiger partial charge on any atom is 0.238 e. The maximum atomic E-state index is 5.97. The Hall–Kier alpha value is -1.65. The molecule has 0 aliphatic carbocycles. The SMILES string of the molecule is COc1cc(N)ccc1Oc1ncc(Cl)cc1Cl. The molecule has 0 unspecified atom stereocenters. The molecule has 0 aliphatic rings. The van der Waals surface area contributed by atoms with Crippen molar-refractivity contribution in [3.8, 4) is 17.4 Å². The Bertz CT molecular complexity index is 576. The Labute approximate surface area is 114 Å². The van der Waals surface area contributed by atoms with Gasteiger partial charge < -0.3 is 15.2 Å². The van der Waals surface area contributed by atoms with Gasteiger partial charge in [-0.05, 0) is 18.2 Å².